The third kappa shape index (κ3) is 3.84. The van der Waals surface area contributed by atoms with Crippen LogP contribution in [-0.4, -0.2) is 43.0 Å². The van der Waals surface area contributed by atoms with Gasteiger partial charge >= 0.3 is 0 Å². The lowest BCUT2D eigenvalue weighted by molar-refractivity contribution is 0.100. The van der Waals surface area contributed by atoms with Crippen LogP contribution in [0.3, 0.4) is 0 Å². The summed E-state index contributed by atoms with van der Waals surface area (Å²) in [7, 11) is 3.09. The molecule has 0 saturated carbocycles. The molecule has 2 aromatic rings. The summed E-state index contributed by atoms with van der Waals surface area (Å²) in [5.74, 6) is 0.247. The highest BCUT2D eigenvalue weighted by Crippen LogP contribution is 2.31. The van der Waals surface area contributed by atoms with Gasteiger partial charge in [-0.25, -0.2) is 0 Å². The minimum atomic E-state index is -0.338. The number of aliphatic imine (C=N–C) groups is 1. The molecule has 0 heterocycles. The number of methoxy groups -OCH3 is 2. The Balaban J connectivity index is 2.18. The molecule has 0 unspecified atom stereocenters. The number of hydrogen-bond donors (Lipinski definition) is 2. The van der Waals surface area contributed by atoms with Gasteiger partial charge in [-0.3, -0.25) is 9.79 Å². The van der Waals surface area contributed by atoms with Gasteiger partial charge in [0.2, 0.25) is 0 Å². The number of carbonyl (C=O) groups excluding carboxylic acids is 1. The SMILES string of the molecule is COc1cc(C)cc(C=NCC(=O)c2ccc(O)c(O)c2)c1OC. The van der Waals surface area contributed by atoms with Crippen LogP contribution in [0.1, 0.15) is 21.5 Å². The van der Waals surface area contributed by atoms with E-state index in [-0.39, 0.29) is 29.4 Å². The summed E-state index contributed by atoms with van der Waals surface area (Å²) >= 11 is 0. The van der Waals surface area contributed by atoms with Gasteiger partial charge in [0.05, 0.1) is 14.2 Å². The molecule has 0 bridgehead atoms. The van der Waals surface area contributed by atoms with Gasteiger partial charge in [0.25, 0.3) is 0 Å². The number of phenolic OH excluding ortho intramolecular Hbond substituents is 2. The average molecular weight is 329 g/mol. The first kappa shape index (κ1) is 17.3. The van der Waals surface area contributed by atoms with E-state index in [1.54, 1.807) is 13.3 Å². The summed E-state index contributed by atoms with van der Waals surface area (Å²) in [5.41, 5.74) is 1.95. The van der Waals surface area contributed by atoms with Crippen molar-refractivity contribution in [2.75, 3.05) is 20.8 Å². The average Bonchev–Trinajstić information content (AvgIpc) is 2.56. The van der Waals surface area contributed by atoms with E-state index < -0.39 is 0 Å². The number of hydrogen-bond acceptors (Lipinski definition) is 6. The van der Waals surface area contributed by atoms with Crippen molar-refractivity contribution in [3.8, 4) is 23.0 Å². The van der Waals surface area contributed by atoms with Crippen LogP contribution in [0.2, 0.25) is 0 Å². The lowest BCUT2D eigenvalue weighted by Gasteiger charge is -2.11. The molecule has 126 valence electrons. The Kier molecular flexibility index (Phi) is 5.42. The third-order valence-corrected chi connectivity index (χ3v) is 3.41. The number of benzene rings is 2. The van der Waals surface area contributed by atoms with Crippen molar-refractivity contribution in [2.45, 2.75) is 6.92 Å². The van der Waals surface area contributed by atoms with Gasteiger partial charge in [0.1, 0.15) is 6.54 Å². The van der Waals surface area contributed by atoms with E-state index in [0.717, 1.165) is 5.56 Å². The largest absolute Gasteiger partial charge is 0.504 e. The first-order valence-electron chi connectivity index (χ1n) is 7.24. The highest BCUT2D eigenvalue weighted by atomic mass is 16.5. The number of ketones is 1. The van der Waals surface area contributed by atoms with Crippen LogP contribution in [0.5, 0.6) is 23.0 Å². The van der Waals surface area contributed by atoms with Crippen LogP contribution in [0, 0.1) is 6.92 Å². The van der Waals surface area contributed by atoms with E-state index in [0.29, 0.717) is 17.1 Å². The highest BCUT2D eigenvalue weighted by Gasteiger charge is 2.11. The number of carbonyl (C=O) groups is 1. The van der Waals surface area contributed by atoms with Crippen molar-refractivity contribution in [3.05, 3.63) is 47.0 Å². The Bertz CT molecular complexity index is 783. The van der Waals surface area contributed by atoms with Crippen LogP contribution in [0.25, 0.3) is 0 Å². The second-order valence-corrected chi connectivity index (χ2v) is 5.19. The monoisotopic (exact) mass is 329 g/mol. The van der Waals surface area contributed by atoms with Gasteiger partial charge in [-0.1, -0.05) is 0 Å². The summed E-state index contributed by atoms with van der Waals surface area (Å²) in [6.07, 6.45) is 1.55. The van der Waals surface area contributed by atoms with Gasteiger partial charge in [0, 0.05) is 17.3 Å². The van der Waals surface area contributed by atoms with Gasteiger partial charge in [0.15, 0.2) is 28.8 Å². The molecule has 0 amide bonds. The van der Waals surface area contributed by atoms with Crippen LogP contribution in [0.4, 0.5) is 0 Å². The molecule has 2 aromatic carbocycles. The number of aryl methyl sites for hydroxylation is 1. The van der Waals surface area contributed by atoms with Gasteiger partial charge in [-0.2, -0.15) is 0 Å². The first-order chi connectivity index (χ1) is 11.5. The second-order valence-electron chi connectivity index (χ2n) is 5.19. The third-order valence-electron chi connectivity index (χ3n) is 3.41. The number of nitrogens with zero attached hydrogens (tertiary/aromatic N) is 1. The van der Waals surface area contributed by atoms with Gasteiger partial charge in [-0.05, 0) is 42.8 Å². The minimum absolute atomic E-state index is 0.0936. The zero-order valence-electron chi connectivity index (χ0n) is 13.7. The molecule has 0 aliphatic carbocycles. The quantitative estimate of drug-likeness (QED) is 0.483. The minimum Gasteiger partial charge on any atom is -0.504 e. The summed E-state index contributed by atoms with van der Waals surface area (Å²) in [5, 5.41) is 18.7. The second kappa shape index (κ2) is 7.50. The summed E-state index contributed by atoms with van der Waals surface area (Å²) in [6, 6.07) is 7.63. The van der Waals surface area contributed by atoms with Crippen molar-refractivity contribution in [1.29, 1.82) is 0 Å². The molecule has 24 heavy (non-hydrogen) atoms. The van der Waals surface area contributed by atoms with E-state index >= 15 is 0 Å². The number of rotatable bonds is 6. The normalized spacial score (nSPS) is 10.8. The topological polar surface area (TPSA) is 88.4 Å². The van der Waals surface area contributed by atoms with E-state index in [4.69, 9.17) is 9.47 Å². The van der Waals surface area contributed by atoms with Crippen molar-refractivity contribution in [1.82, 2.24) is 0 Å². The molecule has 2 N–H and O–H groups in total. The molecule has 6 nitrogen and oxygen atoms in total. The Hall–Kier alpha value is -3.02. The zero-order valence-corrected chi connectivity index (χ0v) is 13.7. The van der Waals surface area contributed by atoms with E-state index in [1.807, 2.05) is 19.1 Å². The molecular formula is C18H19NO5. The zero-order chi connectivity index (χ0) is 17.7. The van der Waals surface area contributed by atoms with Crippen LogP contribution in [0.15, 0.2) is 35.3 Å². The molecule has 0 radical (unpaired) electrons. The predicted molar refractivity (Wildman–Crippen MR) is 90.8 cm³/mol. The van der Waals surface area contributed by atoms with Crippen LogP contribution < -0.4 is 9.47 Å². The van der Waals surface area contributed by atoms with Crippen molar-refractivity contribution in [2.24, 2.45) is 4.99 Å². The first-order valence-corrected chi connectivity index (χ1v) is 7.24. The van der Waals surface area contributed by atoms with Crippen molar-refractivity contribution >= 4 is 12.0 Å². The molecular weight excluding hydrogens is 310 g/mol. The smallest absolute Gasteiger partial charge is 0.184 e. The van der Waals surface area contributed by atoms with E-state index in [1.165, 1.54) is 25.3 Å². The Morgan fingerprint density at radius 1 is 1.12 bits per heavy atom. The number of phenols is 2. The maximum absolute atomic E-state index is 12.1. The van der Waals surface area contributed by atoms with Crippen molar-refractivity contribution in [3.63, 3.8) is 0 Å². The maximum Gasteiger partial charge on any atom is 0.184 e. The molecule has 0 aliphatic rings. The number of aromatic hydroxyl groups is 2. The summed E-state index contributed by atoms with van der Waals surface area (Å²) < 4.78 is 10.6. The van der Waals surface area contributed by atoms with Crippen LogP contribution in [-0.2, 0) is 0 Å². The fourth-order valence-corrected chi connectivity index (χ4v) is 2.25. The fraction of sp³-hybridized carbons (Fsp3) is 0.222. The Morgan fingerprint density at radius 3 is 2.50 bits per heavy atom. The molecule has 0 fully saturated rings. The molecule has 6 heteroatoms. The molecule has 0 aromatic heterocycles. The molecule has 0 spiro atoms. The molecule has 2 rings (SSSR count). The highest BCUT2D eigenvalue weighted by molar-refractivity contribution is 5.99. The maximum atomic E-state index is 12.1. The molecule has 0 aliphatic heterocycles. The van der Waals surface area contributed by atoms with E-state index in [9.17, 15) is 15.0 Å². The molecule has 0 saturated heterocycles. The Labute approximate surface area is 140 Å². The van der Waals surface area contributed by atoms with Gasteiger partial charge in [-0.15, -0.1) is 0 Å². The lowest BCUT2D eigenvalue weighted by Crippen LogP contribution is -2.04. The predicted octanol–water partition coefficient (Wildman–Crippen LogP) is 2.73. The van der Waals surface area contributed by atoms with E-state index in [2.05, 4.69) is 4.99 Å². The standard InChI is InChI=1S/C18H19NO5/c1-11-6-13(18(24-3)17(7-11)23-2)9-19-10-16(22)12-4-5-14(20)15(21)8-12/h4-9,20-21H,10H2,1-3H3. The lowest BCUT2D eigenvalue weighted by atomic mass is 10.1. The van der Waals surface area contributed by atoms with Crippen molar-refractivity contribution < 1.29 is 24.5 Å². The summed E-state index contributed by atoms with van der Waals surface area (Å²) in [4.78, 5) is 16.2. The summed E-state index contributed by atoms with van der Waals surface area (Å²) in [6.45, 7) is 1.83. The number of ether oxygens (including phenoxy) is 2. The molecule has 0 atom stereocenters. The van der Waals surface area contributed by atoms with Gasteiger partial charge < -0.3 is 19.7 Å². The van der Waals surface area contributed by atoms with Crippen LogP contribution >= 0.6 is 0 Å². The Morgan fingerprint density at radius 2 is 1.88 bits per heavy atom. The number of Topliss-reactive ketones (excluding diaryl/α,β-unsaturated/α-hetero) is 1. The fourth-order valence-electron chi connectivity index (χ4n) is 2.25.